The fourth-order valence-corrected chi connectivity index (χ4v) is 7.14. The van der Waals surface area contributed by atoms with Crippen LogP contribution in [0.5, 0.6) is 0 Å². The fraction of sp³-hybridized carbons (Fsp3) is 0. The Bertz CT molecular complexity index is 2820. The molecular formula is C45H28N2O2. The van der Waals surface area contributed by atoms with Crippen molar-refractivity contribution in [3.8, 4) is 22.6 Å². The third kappa shape index (κ3) is 4.57. The average molecular weight is 629 g/mol. The van der Waals surface area contributed by atoms with Gasteiger partial charge in [-0.25, -0.2) is 4.98 Å². The maximum Gasteiger partial charge on any atom is 0.227 e. The Hall–Kier alpha value is -6.65. The topological polar surface area (TPSA) is 42.4 Å². The zero-order chi connectivity index (χ0) is 32.3. The Balaban J connectivity index is 1.09. The molecule has 0 bridgehead atoms. The van der Waals surface area contributed by atoms with Gasteiger partial charge in [-0.3, -0.25) is 0 Å². The molecule has 0 N–H and O–H groups in total. The van der Waals surface area contributed by atoms with E-state index in [2.05, 4.69) is 138 Å². The molecule has 2 aromatic heterocycles. The highest BCUT2D eigenvalue weighted by Gasteiger charge is 2.18. The van der Waals surface area contributed by atoms with Gasteiger partial charge in [0.2, 0.25) is 5.89 Å². The molecule has 4 nitrogen and oxygen atoms in total. The SMILES string of the molecule is c1ccc(-c2nc3cc4c(cc3o2)oc2ccc(N(c3ccccc3)c3ccc(-c5cc6ccccc6c6ccccc56)cc3)cc24)cc1. The third-order valence-electron chi connectivity index (χ3n) is 9.46. The molecule has 230 valence electrons. The first-order valence-corrected chi connectivity index (χ1v) is 16.5. The number of hydrogen-bond acceptors (Lipinski definition) is 4. The summed E-state index contributed by atoms with van der Waals surface area (Å²) in [5.41, 5.74) is 9.64. The van der Waals surface area contributed by atoms with Crippen LogP contribution in [0.1, 0.15) is 0 Å². The lowest BCUT2D eigenvalue weighted by Gasteiger charge is -2.25. The van der Waals surface area contributed by atoms with Crippen molar-refractivity contribution >= 4 is 71.6 Å². The van der Waals surface area contributed by atoms with Gasteiger partial charge in [0.15, 0.2) is 5.58 Å². The molecule has 0 amide bonds. The van der Waals surface area contributed by atoms with Crippen molar-refractivity contribution in [2.45, 2.75) is 0 Å². The lowest BCUT2D eigenvalue weighted by atomic mass is 9.93. The number of benzene rings is 8. The molecule has 0 unspecified atom stereocenters. The number of nitrogens with zero attached hydrogens (tertiary/aromatic N) is 2. The number of fused-ring (bicyclic) bond motifs is 7. The minimum atomic E-state index is 0.601. The van der Waals surface area contributed by atoms with Gasteiger partial charge in [0.25, 0.3) is 0 Å². The largest absolute Gasteiger partial charge is 0.456 e. The Morgan fingerprint density at radius 3 is 1.86 bits per heavy atom. The molecule has 0 saturated carbocycles. The van der Waals surface area contributed by atoms with Gasteiger partial charge >= 0.3 is 0 Å². The van der Waals surface area contributed by atoms with Crippen LogP contribution in [0.25, 0.3) is 77.2 Å². The van der Waals surface area contributed by atoms with Crippen LogP contribution in [-0.2, 0) is 0 Å². The predicted octanol–water partition coefficient (Wildman–Crippen LogP) is 12.8. The molecule has 49 heavy (non-hydrogen) atoms. The van der Waals surface area contributed by atoms with E-state index in [1.54, 1.807) is 0 Å². The molecule has 0 saturated heterocycles. The van der Waals surface area contributed by atoms with Gasteiger partial charge in [-0.05, 0) is 99.4 Å². The number of furan rings is 1. The van der Waals surface area contributed by atoms with Crippen molar-refractivity contribution in [1.29, 1.82) is 0 Å². The number of para-hydroxylation sites is 1. The summed E-state index contributed by atoms with van der Waals surface area (Å²) in [6.07, 6.45) is 0. The second-order valence-electron chi connectivity index (χ2n) is 12.4. The summed E-state index contributed by atoms with van der Waals surface area (Å²) in [4.78, 5) is 7.12. The molecule has 8 aromatic carbocycles. The number of rotatable bonds is 5. The Kier molecular flexibility index (Phi) is 6.15. The first kappa shape index (κ1) is 27.5. The molecule has 0 aliphatic heterocycles. The number of oxazole rings is 1. The monoisotopic (exact) mass is 628 g/mol. The smallest absolute Gasteiger partial charge is 0.227 e. The minimum Gasteiger partial charge on any atom is -0.456 e. The molecule has 0 spiro atoms. The van der Waals surface area contributed by atoms with E-state index in [-0.39, 0.29) is 0 Å². The van der Waals surface area contributed by atoms with E-state index in [4.69, 9.17) is 13.8 Å². The second-order valence-corrected chi connectivity index (χ2v) is 12.4. The van der Waals surface area contributed by atoms with Crippen LogP contribution in [0, 0.1) is 0 Å². The van der Waals surface area contributed by atoms with Gasteiger partial charge in [0.05, 0.1) is 0 Å². The van der Waals surface area contributed by atoms with Crippen LogP contribution in [-0.4, -0.2) is 4.98 Å². The predicted molar refractivity (Wildman–Crippen MR) is 202 cm³/mol. The fourth-order valence-electron chi connectivity index (χ4n) is 7.14. The highest BCUT2D eigenvalue weighted by molar-refractivity contribution is 6.14. The van der Waals surface area contributed by atoms with Crippen LogP contribution in [0.4, 0.5) is 17.1 Å². The highest BCUT2D eigenvalue weighted by atomic mass is 16.4. The molecule has 0 radical (unpaired) electrons. The standard InChI is InChI=1S/C45H28N2O2/c1-3-11-30(12-4-1)45-46-41-27-40-39-26-34(23-24-42(39)48-43(40)28-44(41)49-45)47(32-14-5-2-6-15-32)33-21-19-29(20-22-33)38-25-31-13-7-8-16-35(31)36-17-9-10-18-37(36)38/h1-28H. The zero-order valence-corrected chi connectivity index (χ0v) is 26.4. The lowest BCUT2D eigenvalue weighted by Crippen LogP contribution is -2.09. The molecule has 0 aliphatic carbocycles. The first-order chi connectivity index (χ1) is 24.3. The van der Waals surface area contributed by atoms with E-state index in [0.29, 0.717) is 11.5 Å². The first-order valence-electron chi connectivity index (χ1n) is 16.5. The molecule has 0 atom stereocenters. The van der Waals surface area contributed by atoms with Gasteiger partial charge < -0.3 is 13.7 Å². The normalized spacial score (nSPS) is 11.7. The summed E-state index contributed by atoms with van der Waals surface area (Å²) in [6.45, 7) is 0. The number of hydrogen-bond donors (Lipinski definition) is 0. The maximum absolute atomic E-state index is 6.35. The van der Waals surface area contributed by atoms with Crippen LogP contribution < -0.4 is 4.90 Å². The van der Waals surface area contributed by atoms with E-state index in [0.717, 1.165) is 50.1 Å². The van der Waals surface area contributed by atoms with Crippen molar-refractivity contribution in [1.82, 2.24) is 4.98 Å². The molecule has 10 rings (SSSR count). The molecule has 10 aromatic rings. The third-order valence-corrected chi connectivity index (χ3v) is 9.46. The van der Waals surface area contributed by atoms with Gasteiger partial charge in [-0.15, -0.1) is 0 Å². The number of aromatic nitrogens is 1. The van der Waals surface area contributed by atoms with Crippen molar-refractivity contribution in [3.05, 3.63) is 170 Å². The van der Waals surface area contributed by atoms with E-state index in [9.17, 15) is 0 Å². The summed E-state index contributed by atoms with van der Waals surface area (Å²) in [5.74, 6) is 0.601. The Morgan fingerprint density at radius 1 is 0.388 bits per heavy atom. The van der Waals surface area contributed by atoms with Crippen molar-refractivity contribution < 1.29 is 8.83 Å². The minimum absolute atomic E-state index is 0.601. The number of anilines is 3. The second kappa shape index (κ2) is 11.0. The van der Waals surface area contributed by atoms with E-state index >= 15 is 0 Å². The molecule has 0 fully saturated rings. The summed E-state index contributed by atoms with van der Waals surface area (Å²) in [6, 6.07) is 59.4. The van der Waals surface area contributed by atoms with E-state index in [1.807, 2.05) is 36.4 Å². The quantitative estimate of drug-likeness (QED) is 0.178. The maximum atomic E-state index is 6.35. The van der Waals surface area contributed by atoms with Crippen LogP contribution in [0.15, 0.2) is 179 Å². The Labute approximate surface area is 282 Å². The van der Waals surface area contributed by atoms with Crippen LogP contribution in [0.3, 0.4) is 0 Å². The highest BCUT2D eigenvalue weighted by Crippen LogP contribution is 2.41. The van der Waals surface area contributed by atoms with E-state index in [1.165, 1.54) is 32.7 Å². The Morgan fingerprint density at radius 2 is 1.04 bits per heavy atom. The summed E-state index contributed by atoms with van der Waals surface area (Å²) in [7, 11) is 0. The van der Waals surface area contributed by atoms with Gasteiger partial charge in [-0.2, -0.15) is 0 Å². The summed E-state index contributed by atoms with van der Waals surface area (Å²) < 4.78 is 12.5. The molecule has 2 heterocycles. The molecular weight excluding hydrogens is 601 g/mol. The van der Waals surface area contributed by atoms with Crippen LogP contribution >= 0.6 is 0 Å². The van der Waals surface area contributed by atoms with Crippen molar-refractivity contribution in [3.63, 3.8) is 0 Å². The van der Waals surface area contributed by atoms with Gasteiger partial charge in [0, 0.05) is 39.5 Å². The lowest BCUT2D eigenvalue weighted by molar-refractivity contribution is 0.617. The van der Waals surface area contributed by atoms with Crippen molar-refractivity contribution in [2.75, 3.05) is 4.90 Å². The molecule has 0 aliphatic rings. The van der Waals surface area contributed by atoms with E-state index < -0.39 is 0 Å². The van der Waals surface area contributed by atoms with Crippen molar-refractivity contribution in [2.24, 2.45) is 0 Å². The molecule has 4 heteroatoms. The average Bonchev–Trinajstić information content (AvgIpc) is 3.75. The summed E-state index contributed by atoms with van der Waals surface area (Å²) >= 11 is 0. The zero-order valence-electron chi connectivity index (χ0n) is 26.4. The van der Waals surface area contributed by atoms with Crippen LogP contribution in [0.2, 0.25) is 0 Å². The van der Waals surface area contributed by atoms with Gasteiger partial charge in [0.1, 0.15) is 16.7 Å². The van der Waals surface area contributed by atoms with Gasteiger partial charge in [-0.1, -0.05) is 97.1 Å². The summed E-state index contributed by atoms with van der Waals surface area (Å²) in [5, 5.41) is 7.07.